The Labute approximate surface area is 172 Å². The van der Waals surface area contributed by atoms with Crippen molar-refractivity contribution in [1.29, 1.82) is 0 Å². The molecule has 156 valence electrons. The predicted molar refractivity (Wildman–Crippen MR) is 118 cm³/mol. The third-order valence-electron chi connectivity index (χ3n) is 4.93. The zero-order chi connectivity index (χ0) is 20.6. The molecule has 1 aromatic heterocycles. The summed E-state index contributed by atoms with van der Waals surface area (Å²) in [5.41, 5.74) is 1.86. The Morgan fingerprint density at radius 2 is 2.10 bits per heavy atom. The first kappa shape index (κ1) is 20.9. The second kappa shape index (κ2) is 10.1. The summed E-state index contributed by atoms with van der Waals surface area (Å²) in [5, 5.41) is 6.87. The van der Waals surface area contributed by atoms with Gasteiger partial charge in [-0.15, -0.1) is 0 Å². The average Bonchev–Trinajstić information content (AvgIpc) is 2.72. The molecule has 6 nitrogen and oxygen atoms in total. The quantitative estimate of drug-likeness (QED) is 0.579. The number of halogens is 1. The third kappa shape index (κ3) is 6.07. The molecule has 1 aliphatic rings. The van der Waals surface area contributed by atoms with Crippen molar-refractivity contribution < 1.29 is 4.39 Å². The highest BCUT2D eigenvalue weighted by molar-refractivity contribution is 5.80. The summed E-state index contributed by atoms with van der Waals surface area (Å²) >= 11 is 0. The van der Waals surface area contributed by atoms with Crippen LogP contribution >= 0.6 is 0 Å². The number of nitrogens with zero attached hydrogens (tertiary/aromatic N) is 4. The van der Waals surface area contributed by atoms with Crippen molar-refractivity contribution in [3.8, 4) is 0 Å². The van der Waals surface area contributed by atoms with Crippen molar-refractivity contribution in [1.82, 2.24) is 15.6 Å². The lowest BCUT2D eigenvalue weighted by Gasteiger charge is -2.35. The van der Waals surface area contributed by atoms with E-state index in [0.717, 1.165) is 55.6 Å². The second-order valence-corrected chi connectivity index (χ2v) is 7.49. The fourth-order valence-corrected chi connectivity index (χ4v) is 3.48. The maximum atomic E-state index is 13.6. The molecule has 29 heavy (non-hydrogen) atoms. The predicted octanol–water partition coefficient (Wildman–Crippen LogP) is 3.01. The molecule has 2 aromatic rings. The zero-order valence-electron chi connectivity index (χ0n) is 17.5. The van der Waals surface area contributed by atoms with Crippen LogP contribution in [-0.4, -0.2) is 50.7 Å². The van der Waals surface area contributed by atoms with Crippen LogP contribution in [0.25, 0.3) is 0 Å². The van der Waals surface area contributed by atoms with E-state index < -0.39 is 0 Å². The van der Waals surface area contributed by atoms with Gasteiger partial charge in [0.1, 0.15) is 11.6 Å². The molecule has 7 heteroatoms. The summed E-state index contributed by atoms with van der Waals surface area (Å²) in [6.45, 7) is 5.12. The van der Waals surface area contributed by atoms with E-state index in [1.807, 2.05) is 43.3 Å². The molecular weight excluding hydrogens is 367 g/mol. The number of hydrogen-bond donors (Lipinski definition) is 2. The van der Waals surface area contributed by atoms with Crippen LogP contribution in [0.15, 0.2) is 47.5 Å². The smallest absolute Gasteiger partial charge is 0.191 e. The highest BCUT2D eigenvalue weighted by atomic mass is 19.1. The van der Waals surface area contributed by atoms with Crippen molar-refractivity contribution in [2.75, 3.05) is 43.5 Å². The molecular formula is C22H31FN6. The number of anilines is 2. The maximum absolute atomic E-state index is 13.6. The average molecular weight is 399 g/mol. The van der Waals surface area contributed by atoms with Crippen LogP contribution in [0.1, 0.15) is 25.5 Å². The van der Waals surface area contributed by atoms with Crippen LogP contribution in [0.5, 0.6) is 0 Å². The number of aromatic nitrogens is 1. The van der Waals surface area contributed by atoms with E-state index in [9.17, 15) is 4.39 Å². The van der Waals surface area contributed by atoms with Crippen LogP contribution in [-0.2, 0) is 6.54 Å². The van der Waals surface area contributed by atoms with Gasteiger partial charge >= 0.3 is 0 Å². The Bertz CT molecular complexity index is 822. The molecule has 3 rings (SSSR count). The van der Waals surface area contributed by atoms with Gasteiger partial charge in [-0.3, -0.25) is 0 Å². The minimum absolute atomic E-state index is 0.195. The lowest BCUT2D eigenvalue weighted by atomic mass is 10.0. The topological polar surface area (TPSA) is 55.8 Å². The number of guanidine groups is 1. The lowest BCUT2D eigenvalue weighted by molar-refractivity contribution is 0.467. The maximum Gasteiger partial charge on any atom is 0.191 e. The molecule has 0 saturated carbocycles. The van der Waals surface area contributed by atoms with Gasteiger partial charge in [0.25, 0.3) is 0 Å². The third-order valence-corrected chi connectivity index (χ3v) is 4.93. The highest BCUT2D eigenvalue weighted by Gasteiger charge is 2.21. The number of piperidine rings is 1. The fraction of sp³-hybridized carbons (Fsp3) is 0.455. The van der Waals surface area contributed by atoms with Gasteiger partial charge in [0.05, 0.1) is 12.2 Å². The van der Waals surface area contributed by atoms with Crippen molar-refractivity contribution in [2.24, 2.45) is 4.99 Å². The molecule has 0 radical (unpaired) electrons. The van der Waals surface area contributed by atoms with E-state index in [1.54, 1.807) is 12.1 Å². The Morgan fingerprint density at radius 3 is 2.86 bits per heavy atom. The molecule has 0 spiro atoms. The highest BCUT2D eigenvalue weighted by Crippen LogP contribution is 2.20. The Kier molecular flexibility index (Phi) is 7.27. The zero-order valence-corrected chi connectivity index (χ0v) is 17.5. The molecule has 0 bridgehead atoms. The number of pyridine rings is 1. The summed E-state index contributed by atoms with van der Waals surface area (Å²) < 4.78 is 13.6. The van der Waals surface area contributed by atoms with Gasteiger partial charge < -0.3 is 20.4 Å². The normalized spacial score (nSPS) is 17.2. The number of benzene rings is 1. The van der Waals surface area contributed by atoms with Gasteiger partial charge in [0.2, 0.25) is 0 Å². The molecule has 0 aliphatic carbocycles. The minimum atomic E-state index is -0.195. The monoisotopic (exact) mass is 398 g/mol. The first-order valence-electron chi connectivity index (χ1n) is 10.2. The SMILES string of the molecule is CCNC(=NCc1cccc(N(C)C)n1)NC1CCCN(c2cccc(F)c2)C1. The van der Waals surface area contributed by atoms with Gasteiger partial charge in [-0.1, -0.05) is 12.1 Å². The van der Waals surface area contributed by atoms with Gasteiger partial charge in [0.15, 0.2) is 5.96 Å². The van der Waals surface area contributed by atoms with E-state index >= 15 is 0 Å². The van der Waals surface area contributed by atoms with Gasteiger partial charge in [-0.25, -0.2) is 14.4 Å². The Morgan fingerprint density at radius 1 is 1.28 bits per heavy atom. The van der Waals surface area contributed by atoms with Crippen LogP contribution in [0, 0.1) is 5.82 Å². The minimum Gasteiger partial charge on any atom is -0.369 e. The molecule has 0 amide bonds. The molecule has 2 heterocycles. The first-order valence-corrected chi connectivity index (χ1v) is 10.2. The Balaban J connectivity index is 1.64. The van der Waals surface area contributed by atoms with E-state index in [4.69, 9.17) is 4.99 Å². The molecule has 1 atom stereocenters. The standard InChI is InChI=1S/C22H31FN6/c1-4-24-22(25-15-18-9-6-12-21(26-18)28(2)3)27-19-10-7-13-29(16-19)20-11-5-8-17(23)14-20/h5-6,8-9,11-12,14,19H,4,7,10,13,15-16H2,1-3H3,(H2,24,25,27). The molecule has 1 saturated heterocycles. The molecule has 2 N–H and O–H groups in total. The van der Waals surface area contributed by atoms with Crippen LogP contribution in [0.3, 0.4) is 0 Å². The molecule has 1 aliphatic heterocycles. The summed E-state index contributed by atoms with van der Waals surface area (Å²) in [5.74, 6) is 1.52. The van der Waals surface area contributed by atoms with Crippen molar-refractivity contribution in [3.05, 3.63) is 54.0 Å². The summed E-state index contributed by atoms with van der Waals surface area (Å²) in [6, 6.07) is 13.1. The number of aliphatic imine (C=N–C) groups is 1. The molecule has 1 fully saturated rings. The van der Waals surface area contributed by atoms with E-state index in [2.05, 4.69) is 27.4 Å². The van der Waals surface area contributed by atoms with Gasteiger partial charge in [-0.2, -0.15) is 0 Å². The molecule has 1 unspecified atom stereocenters. The van der Waals surface area contributed by atoms with Crippen molar-refractivity contribution in [2.45, 2.75) is 32.4 Å². The van der Waals surface area contributed by atoms with Crippen LogP contribution in [0.4, 0.5) is 15.9 Å². The summed E-state index contributed by atoms with van der Waals surface area (Å²) in [7, 11) is 3.96. The van der Waals surface area contributed by atoms with E-state index in [0.29, 0.717) is 6.54 Å². The first-order chi connectivity index (χ1) is 14.0. The number of hydrogen-bond acceptors (Lipinski definition) is 4. The van der Waals surface area contributed by atoms with Crippen molar-refractivity contribution in [3.63, 3.8) is 0 Å². The summed E-state index contributed by atoms with van der Waals surface area (Å²) in [4.78, 5) is 13.6. The van der Waals surface area contributed by atoms with Gasteiger partial charge in [-0.05, 0) is 50.1 Å². The second-order valence-electron chi connectivity index (χ2n) is 7.49. The summed E-state index contributed by atoms with van der Waals surface area (Å²) in [6.07, 6.45) is 2.12. The largest absolute Gasteiger partial charge is 0.369 e. The van der Waals surface area contributed by atoms with Crippen molar-refractivity contribution >= 4 is 17.5 Å². The lowest BCUT2D eigenvalue weighted by Crippen LogP contribution is -2.51. The van der Waals surface area contributed by atoms with Crippen LogP contribution in [0.2, 0.25) is 0 Å². The number of nitrogens with one attached hydrogen (secondary N) is 2. The van der Waals surface area contributed by atoms with E-state index in [1.165, 1.54) is 6.07 Å². The fourth-order valence-electron chi connectivity index (χ4n) is 3.48. The Hall–Kier alpha value is -2.83. The van der Waals surface area contributed by atoms with Gasteiger partial charge in [0, 0.05) is 45.5 Å². The molecule has 1 aromatic carbocycles. The van der Waals surface area contributed by atoms with E-state index in [-0.39, 0.29) is 11.9 Å². The number of rotatable bonds is 6. The van der Waals surface area contributed by atoms with Crippen LogP contribution < -0.4 is 20.4 Å².